The molecule has 1 aromatic rings. The minimum Gasteiger partial charge on any atom is -0.494 e. The standard InChI is InChI=1S/C12H16FN3O2/c1-15-3-4-16(7-12(15)17)10-6-11(18-2)8(13)5-9(10)14/h5-6H,3-4,7,14H2,1-2H3. The van der Waals surface area contributed by atoms with Gasteiger partial charge in [0.25, 0.3) is 0 Å². The van der Waals surface area contributed by atoms with Crippen molar-refractivity contribution in [3.05, 3.63) is 17.9 Å². The fraction of sp³-hybridized carbons (Fsp3) is 0.417. The van der Waals surface area contributed by atoms with E-state index in [1.807, 2.05) is 4.90 Å². The van der Waals surface area contributed by atoms with E-state index in [4.69, 9.17) is 10.5 Å². The zero-order chi connectivity index (χ0) is 13.3. The summed E-state index contributed by atoms with van der Waals surface area (Å²) in [6.45, 7) is 1.54. The van der Waals surface area contributed by atoms with Gasteiger partial charge >= 0.3 is 0 Å². The van der Waals surface area contributed by atoms with Crippen LogP contribution in [0.2, 0.25) is 0 Å². The van der Waals surface area contributed by atoms with Crippen LogP contribution in [0.1, 0.15) is 0 Å². The summed E-state index contributed by atoms with van der Waals surface area (Å²) < 4.78 is 18.4. The van der Waals surface area contributed by atoms with Crippen LogP contribution in [0.15, 0.2) is 12.1 Å². The molecule has 5 nitrogen and oxygen atoms in total. The van der Waals surface area contributed by atoms with Crippen molar-refractivity contribution in [3.8, 4) is 5.75 Å². The maximum Gasteiger partial charge on any atom is 0.241 e. The van der Waals surface area contributed by atoms with Crippen molar-refractivity contribution in [1.82, 2.24) is 4.90 Å². The highest BCUT2D eigenvalue weighted by Gasteiger charge is 2.23. The van der Waals surface area contributed by atoms with E-state index in [2.05, 4.69) is 0 Å². The Kier molecular flexibility index (Phi) is 3.27. The van der Waals surface area contributed by atoms with Crippen LogP contribution < -0.4 is 15.4 Å². The zero-order valence-corrected chi connectivity index (χ0v) is 10.4. The molecule has 98 valence electrons. The maximum absolute atomic E-state index is 13.4. The Morgan fingerprint density at radius 1 is 1.39 bits per heavy atom. The van der Waals surface area contributed by atoms with Gasteiger partial charge in [-0.1, -0.05) is 0 Å². The minimum absolute atomic E-state index is 0.0175. The van der Waals surface area contributed by atoms with Gasteiger partial charge in [-0.15, -0.1) is 0 Å². The molecule has 18 heavy (non-hydrogen) atoms. The highest BCUT2D eigenvalue weighted by molar-refractivity contribution is 5.84. The van der Waals surface area contributed by atoms with Gasteiger partial charge in [-0.2, -0.15) is 0 Å². The number of nitrogens with zero attached hydrogens (tertiary/aromatic N) is 2. The Morgan fingerprint density at radius 3 is 2.72 bits per heavy atom. The normalized spacial score (nSPS) is 16.1. The number of piperazine rings is 1. The smallest absolute Gasteiger partial charge is 0.241 e. The number of amides is 1. The average molecular weight is 253 g/mol. The Balaban J connectivity index is 2.30. The number of ether oxygens (including phenoxy) is 1. The van der Waals surface area contributed by atoms with E-state index in [0.717, 1.165) is 0 Å². The summed E-state index contributed by atoms with van der Waals surface area (Å²) in [7, 11) is 3.15. The van der Waals surface area contributed by atoms with Gasteiger partial charge in [0, 0.05) is 32.3 Å². The van der Waals surface area contributed by atoms with E-state index in [1.165, 1.54) is 19.2 Å². The largest absolute Gasteiger partial charge is 0.494 e. The summed E-state index contributed by atoms with van der Waals surface area (Å²) in [4.78, 5) is 15.1. The van der Waals surface area contributed by atoms with Gasteiger partial charge in [0.1, 0.15) is 0 Å². The lowest BCUT2D eigenvalue weighted by Crippen LogP contribution is -2.48. The van der Waals surface area contributed by atoms with Gasteiger partial charge in [0.15, 0.2) is 11.6 Å². The van der Waals surface area contributed by atoms with Crippen LogP contribution in [0, 0.1) is 5.82 Å². The molecule has 0 radical (unpaired) electrons. The van der Waals surface area contributed by atoms with Gasteiger partial charge < -0.3 is 20.3 Å². The molecule has 1 aromatic carbocycles. The first-order valence-electron chi connectivity index (χ1n) is 5.65. The van der Waals surface area contributed by atoms with Gasteiger partial charge in [0.05, 0.1) is 25.0 Å². The van der Waals surface area contributed by atoms with E-state index in [1.54, 1.807) is 11.9 Å². The second-order valence-corrected chi connectivity index (χ2v) is 4.28. The first kappa shape index (κ1) is 12.5. The number of halogens is 1. The van der Waals surface area contributed by atoms with Crippen LogP contribution in [0.3, 0.4) is 0 Å². The molecule has 0 aromatic heterocycles. The summed E-state index contributed by atoms with van der Waals surface area (Å²) in [5.74, 6) is -0.353. The van der Waals surface area contributed by atoms with Gasteiger partial charge in [-0.3, -0.25) is 4.79 Å². The van der Waals surface area contributed by atoms with Crippen LogP contribution in [-0.2, 0) is 4.79 Å². The van der Waals surface area contributed by atoms with Crippen molar-refractivity contribution in [2.24, 2.45) is 0 Å². The van der Waals surface area contributed by atoms with Crippen LogP contribution in [0.25, 0.3) is 0 Å². The number of carbonyl (C=O) groups is 1. The number of benzene rings is 1. The third kappa shape index (κ3) is 2.18. The summed E-state index contributed by atoms with van der Waals surface area (Å²) in [6, 6.07) is 2.75. The van der Waals surface area contributed by atoms with Crippen LogP contribution in [-0.4, -0.2) is 44.6 Å². The van der Waals surface area contributed by atoms with E-state index < -0.39 is 5.82 Å². The van der Waals surface area contributed by atoms with E-state index in [-0.39, 0.29) is 18.2 Å². The molecule has 0 bridgehead atoms. The Hall–Kier alpha value is -1.98. The van der Waals surface area contributed by atoms with Gasteiger partial charge in [-0.05, 0) is 0 Å². The molecule has 0 aliphatic carbocycles. The first-order valence-corrected chi connectivity index (χ1v) is 5.65. The summed E-state index contributed by atoms with van der Waals surface area (Å²) in [5, 5.41) is 0. The molecule has 1 fully saturated rings. The SMILES string of the molecule is COc1cc(N2CCN(C)C(=O)C2)c(N)cc1F. The van der Waals surface area contributed by atoms with Crippen LogP contribution in [0.5, 0.6) is 5.75 Å². The molecular weight excluding hydrogens is 237 g/mol. The highest BCUT2D eigenvalue weighted by atomic mass is 19.1. The molecule has 2 N–H and O–H groups in total. The van der Waals surface area contributed by atoms with Crippen molar-refractivity contribution < 1.29 is 13.9 Å². The molecule has 1 heterocycles. The predicted octanol–water partition coefficient (Wildman–Crippen LogP) is 0.695. The summed E-state index contributed by atoms with van der Waals surface area (Å²) >= 11 is 0. The Morgan fingerprint density at radius 2 is 2.11 bits per heavy atom. The maximum atomic E-state index is 13.4. The number of nitrogen functional groups attached to an aromatic ring is 1. The number of anilines is 2. The molecule has 0 spiro atoms. The monoisotopic (exact) mass is 253 g/mol. The number of rotatable bonds is 2. The van der Waals surface area contributed by atoms with E-state index in [9.17, 15) is 9.18 Å². The number of hydrogen-bond donors (Lipinski definition) is 1. The van der Waals surface area contributed by atoms with Crippen LogP contribution in [0.4, 0.5) is 15.8 Å². The topological polar surface area (TPSA) is 58.8 Å². The number of likely N-dealkylation sites (N-methyl/N-ethyl adjacent to an activating group) is 1. The lowest BCUT2D eigenvalue weighted by atomic mass is 10.2. The quantitative estimate of drug-likeness (QED) is 0.788. The van der Waals surface area contributed by atoms with Crippen molar-refractivity contribution in [2.75, 3.05) is 44.4 Å². The fourth-order valence-electron chi connectivity index (χ4n) is 1.95. The fourth-order valence-corrected chi connectivity index (χ4v) is 1.95. The zero-order valence-electron chi connectivity index (χ0n) is 10.4. The summed E-state index contributed by atoms with van der Waals surface area (Å²) in [5.41, 5.74) is 6.74. The van der Waals surface area contributed by atoms with Crippen LogP contribution >= 0.6 is 0 Å². The first-order chi connectivity index (χ1) is 8.52. The molecule has 6 heteroatoms. The molecule has 1 aliphatic heterocycles. The predicted molar refractivity (Wildman–Crippen MR) is 67.2 cm³/mol. The number of carbonyl (C=O) groups excluding carboxylic acids is 1. The molecule has 0 unspecified atom stereocenters. The van der Waals surface area contributed by atoms with Gasteiger partial charge in [-0.25, -0.2) is 4.39 Å². The van der Waals surface area contributed by atoms with Crippen molar-refractivity contribution >= 4 is 17.3 Å². The average Bonchev–Trinajstić information content (AvgIpc) is 2.33. The highest BCUT2D eigenvalue weighted by Crippen LogP contribution is 2.31. The molecule has 0 atom stereocenters. The molecule has 0 saturated carbocycles. The van der Waals surface area contributed by atoms with Gasteiger partial charge in [0.2, 0.25) is 5.91 Å². The third-order valence-electron chi connectivity index (χ3n) is 3.10. The molecule has 1 aliphatic rings. The molecule has 1 saturated heterocycles. The third-order valence-corrected chi connectivity index (χ3v) is 3.10. The van der Waals surface area contributed by atoms with E-state index in [0.29, 0.717) is 24.5 Å². The van der Waals surface area contributed by atoms with Crippen molar-refractivity contribution in [2.45, 2.75) is 0 Å². The van der Waals surface area contributed by atoms with Crippen molar-refractivity contribution in [1.29, 1.82) is 0 Å². The second kappa shape index (κ2) is 4.72. The molecule has 1 amide bonds. The summed E-state index contributed by atoms with van der Waals surface area (Å²) in [6.07, 6.45) is 0. The Labute approximate surface area is 105 Å². The number of methoxy groups -OCH3 is 1. The van der Waals surface area contributed by atoms with Crippen molar-refractivity contribution in [3.63, 3.8) is 0 Å². The number of hydrogen-bond acceptors (Lipinski definition) is 4. The Bertz CT molecular complexity index is 479. The lowest BCUT2D eigenvalue weighted by molar-refractivity contribution is -0.129. The molecule has 2 rings (SSSR count). The minimum atomic E-state index is -0.501. The molecular formula is C12H16FN3O2. The van der Waals surface area contributed by atoms with E-state index >= 15 is 0 Å². The number of nitrogens with two attached hydrogens (primary N) is 1. The second-order valence-electron chi connectivity index (χ2n) is 4.28. The lowest BCUT2D eigenvalue weighted by Gasteiger charge is -2.34.